The van der Waals surface area contributed by atoms with Gasteiger partial charge in [0, 0.05) is 24.6 Å². The molecule has 2 unspecified atom stereocenters. The number of fused-ring (bicyclic) bond motifs is 1. The number of rotatable bonds is 1. The Kier molecular flexibility index (Phi) is 2.65. The minimum Gasteiger partial charge on any atom is -0.487 e. The first-order valence-corrected chi connectivity index (χ1v) is 6.74. The van der Waals surface area contributed by atoms with Crippen molar-refractivity contribution in [2.75, 3.05) is 13.6 Å². The third kappa shape index (κ3) is 1.82. The highest BCUT2D eigenvalue weighted by Crippen LogP contribution is 2.43. The van der Waals surface area contributed by atoms with E-state index in [0.717, 1.165) is 25.1 Å². The van der Waals surface area contributed by atoms with Gasteiger partial charge in [-0.3, -0.25) is 4.90 Å². The topological polar surface area (TPSA) is 38.5 Å². The van der Waals surface area contributed by atoms with E-state index >= 15 is 0 Å². The standard InChI is InChI=1S/C15H22N2O/c1-15(2)9-10-5-4-6-11(14(10)18-15)13-12(16)7-8-17(13)3/h4-6,12-13H,7-9,16H2,1-3H3. The van der Waals surface area contributed by atoms with Crippen LogP contribution < -0.4 is 10.5 Å². The van der Waals surface area contributed by atoms with Crippen molar-refractivity contribution < 1.29 is 4.74 Å². The fourth-order valence-electron chi connectivity index (χ4n) is 3.32. The van der Waals surface area contributed by atoms with Crippen LogP contribution in [0.15, 0.2) is 18.2 Å². The molecule has 2 aliphatic rings. The lowest BCUT2D eigenvalue weighted by atomic mass is 9.96. The molecule has 0 radical (unpaired) electrons. The van der Waals surface area contributed by atoms with E-state index in [1.54, 1.807) is 0 Å². The minimum atomic E-state index is -0.0836. The van der Waals surface area contributed by atoms with Gasteiger partial charge in [-0.15, -0.1) is 0 Å². The summed E-state index contributed by atoms with van der Waals surface area (Å²) in [7, 11) is 2.15. The second-order valence-electron chi connectivity index (χ2n) is 6.25. The van der Waals surface area contributed by atoms with Crippen molar-refractivity contribution in [1.82, 2.24) is 4.90 Å². The first-order chi connectivity index (χ1) is 8.48. The van der Waals surface area contributed by atoms with Crippen LogP contribution in [0.25, 0.3) is 0 Å². The third-order valence-corrected chi connectivity index (χ3v) is 4.14. The third-order valence-electron chi connectivity index (χ3n) is 4.14. The van der Waals surface area contributed by atoms with E-state index in [1.807, 2.05) is 0 Å². The average molecular weight is 246 g/mol. The summed E-state index contributed by atoms with van der Waals surface area (Å²) in [4.78, 5) is 2.34. The van der Waals surface area contributed by atoms with Crippen molar-refractivity contribution in [3.05, 3.63) is 29.3 Å². The first-order valence-electron chi connectivity index (χ1n) is 6.74. The van der Waals surface area contributed by atoms with Crippen molar-refractivity contribution in [3.8, 4) is 5.75 Å². The van der Waals surface area contributed by atoms with Gasteiger partial charge in [0.15, 0.2) is 0 Å². The number of hydrogen-bond acceptors (Lipinski definition) is 3. The molecule has 3 nitrogen and oxygen atoms in total. The summed E-state index contributed by atoms with van der Waals surface area (Å²) < 4.78 is 6.15. The normalized spacial score (nSPS) is 30.2. The molecule has 2 N–H and O–H groups in total. The summed E-state index contributed by atoms with van der Waals surface area (Å²) >= 11 is 0. The molecule has 1 aromatic carbocycles. The summed E-state index contributed by atoms with van der Waals surface area (Å²) in [5, 5.41) is 0. The molecule has 0 spiro atoms. The van der Waals surface area contributed by atoms with Crippen molar-refractivity contribution in [2.24, 2.45) is 5.73 Å². The van der Waals surface area contributed by atoms with Crippen molar-refractivity contribution in [1.29, 1.82) is 0 Å². The molecule has 0 bridgehead atoms. The van der Waals surface area contributed by atoms with Crippen molar-refractivity contribution >= 4 is 0 Å². The Bertz CT molecular complexity index is 460. The van der Waals surface area contributed by atoms with Gasteiger partial charge < -0.3 is 10.5 Å². The smallest absolute Gasteiger partial charge is 0.128 e. The van der Waals surface area contributed by atoms with Gasteiger partial charge >= 0.3 is 0 Å². The van der Waals surface area contributed by atoms with Crippen LogP contribution in [0, 0.1) is 0 Å². The molecule has 98 valence electrons. The van der Waals surface area contributed by atoms with E-state index in [1.165, 1.54) is 11.1 Å². The molecule has 2 aliphatic heterocycles. The van der Waals surface area contributed by atoms with Crippen LogP contribution in [0.1, 0.15) is 37.4 Å². The molecule has 0 aromatic heterocycles. The lowest BCUT2D eigenvalue weighted by Crippen LogP contribution is -2.30. The van der Waals surface area contributed by atoms with E-state index in [9.17, 15) is 0 Å². The van der Waals surface area contributed by atoms with Crippen molar-refractivity contribution in [3.63, 3.8) is 0 Å². The van der Waals surface area contributed by atoms with Gasteiger partial charge in [0.05, 0.1) is 6.04 Å². The molecule has 0 saturated carbocycles. The summed E-state index contributed by atoms with van der Waals surface area (Å²) in [6.07, 6.45) is 2.05. The molecule has 3 heteroatoms. The van der Waals surface area contributed by atoms with Crippen LogP contribution in [-0.4, -0.2) is 30.1 Å². The molecule has 1 fully saturated rings. The molecule has 2 heterocycles. The number of ether oxygens (including phenoxy) is 1. The lowest BCUT2D eigenvalue weighted by Gasteiger charge is -2.26. The quantitative estimate of drug-likeness (QED) is 0.824. The maximum Gasteiger partial charge on any atom is 0.128 e. The summed E-state index contributed by atoms with van der Waals surface area (Å²) in [5.41, 5.74) is 8.78. The SMILES string of the molecule is CN1CCC(N)C1c1cccc2c1OC(C)(C)C2. The van der Waals surface area contributed by atoms with Gasteiger partial charge in [-0.2, -0.15) is 0 Å². The Morgan fingerprint density at radius 1 is 1.39 bits per heavy atom. The first kappa shape index (κ1) is 12.0. The second-order valence-corrected chi connectivity index (χ2v) is 6.25. The van der Waals surface area contributed by atoms with Gasteiger partial charge in [0.2, 0.25) is 0 Å². The van der Waals surface area contributed by atoms with Gasteiger partial charge in [0.1, 0.15) is 11.4 Å². The van der Waals surface area contributed by atoms with Crippen LogP contribution in [0.3, 0.4) is 0 Å². The Labute approximate surface area is 109 Å². The molecule has 2 atom stereocenters. The number of nitrogens with zero attached hydrogens (tertiary/aromatic N) is 1. The zero-order valence-electron chi connectivity index (χ0n) is 11.4. The van der Waals surface area contributed by atoms with E-state index in [2.05, 4.69) is 44.0 Å². The number of likely N-dealkylation sites (tertiary alicyclic amines) is 1. The Hall–Kier alpha value is -1.06. The van der Waals surface area contributed by atoms with E-state index in [0.29, 0.717) is 6.04 Å². The molecule has 0 aliphatic carbocycles. The summed E-state index contributed by atoms with van der Waals surface area (Å²) in [6.45, 7) is 5.36. The van der Waals surface area contributed by atoms with Gasteiger partial charge in [-0.1, -0.05) is 18.2 Å². The predicted molar refractivity (Wildman–Crippen MR) is 72.8 cm³/mol. The molecule has 3 rings (SSSR count). The number of nitrogens with two attached hydrogens (primary N) is 1. The van der Waals surface area contributed by atoms with Crippen LogP contribution >= 0.6 is 0 Å². The largest absolute Gasteiger partial charge is 0.487 e. The highest BCUT2D eigenvalue weighted by Gasteiger charge is 2.37. The summed E-state index contributed by atoms with van der Waals surface area (Å²) in [6, 6.07) is 7.00. The maximum atomic E-state index is 6.27. The Morgan fingerprint density at radius 3 is 2.83 bits per heavy atom. The molecule has 18 heavy (non-hydrogen) atoms. The second kappa shape index (κ2) is 3.97. The van der Waals surface area contributed by atoms with E-state index < -0.39 is 0 Å². The Balaban J connectivity index is 2.03. The monoisotopic (exact) mass is 246 g/mol. The summed E-state index contributed by atoms with van der Waals surface area (Å²) in [5.74, 6) is 1.08. The lowest BCUT2D eigenvalue weighted by molar-refractivity contribution is 0.134. The molecular weight excluding hydrogens is 224 g/mol. The number of likely N-dealkylation sites (N-methyl/N-ethyl adjacent to an activating group) is 1. The van der Waals surface area contributed by atoms with E-state index in [4.69, 9.17) is 10.5 Å². The van der Waals surface area contributed by atoms with Gasteiger partial charge in [0.25, 0.3) is 0 Å². The van der Waals surface area contributed by atoms with Crippen LogP contribution in [0.4, 0.5) is 0 Å². The fraction of sp³-hybridized carbons (Fsp3) is 0.600. The average Bonchev–Trinajstić information content (AvgIpc) is 2.77. The number of para-hydroxylation sites is 1. The van der Waals surface area contributed by atoms with Gasteiger partial charge in [-0.25, -0.2) is 0 Å². The van der Waals surface area contributed by atoms with Crippen LogP contribution in [0.5, 0.6) is 5.75 Å². The Morgan fingerprint density at radius 2 is 2.17 bits per heavy atom. The molecule has 1 saturated heterocycles. The molecule has 1 aromatic rings. The number of hydrogen-bond donors (Lipinski definition) is 1. The molecule has 0 amide bonds. The molecular formula is C15H22N2O. The van der Waals surface area contributed by atoms with Crippen molar-refractivity contribution in [2.45, 2.75) is 44.4 Å². The number of benzene rings is 1. The highest BCUT2D eigenvalue weighted by molar-refractivity contribution is 5.48. The minimum absolute atomic E-state index is 0.0836. The zero-order valence-corrected chi connectivity index (χ0v) is 11.4. The predicted octanol–water partition coefficient (Wildman–Crippen LogP) is 2.10. The van der Waals surface area contributed by atoms with Crippen LogP contribution in [-0.2, 0) is 6.42 Å². The highest BCUT2D eigenvalue weighted by atomic mass is 16.5. The zero-order chi connectivity index (χ0) is 12.9. The van der Waals surface area contributed by atoms with Gasteiger partial charge in [-0.05, 0) is 32.9 Å². The van der Waals surface area contributed by atoms with E-state index in [-0.39, 0.29) is 11.6 Å². The fourth-order valence-corrected chi connectivity index (χ4v) is 3.32. The maximum absolute atomic E-state index is 6.27. The van der Waals surface area contributed by atoms with Crippen LogP contribution in [0.2, 0.25) is 0 Å².